The van der Waals surface area contributed by atoms with Crippen LogP contribution in [0.3, 0.4) is 0 Å². The predicted octanol–water partition coefficient (Wildman–Crippen LogP) is 4.10. The molecule has 0 aliphatic carbocycles. The summed E-state index contributed by atoms with van der Waals surface area (Å²) in [6.45, 7) is 7.75. The van der Waals surface area contributed by atoms with E-state index in [4.69, 9.17) is 0 Å². The monoisotopic (exact) mass is 717 g/mol. The van der Waals surface area contributed by atoms with Crippen molar-refractivity contribution in [2.24, 2.45) is 10.5 Å². The highest BCUT2D eigenvalue weighted by Crippen LogP contribution is 2.35. The van der Waals surface area contributed by atoms with Gasteiger partial charge in [0.25, 0.3) is 0 Å². The van der Waals surface area contributed by atoms with Gasteiger partial charge in [-0.25, -0.2) is 24.8 Å². The summed E-state index contributed by atoms with van der Waals surface area (Å²) < 4.78 is 13.6. The number of hydrogen-bond donors (Lipinski definition) is 3. The van der Waals surface area contributed by atoms with Crippen LogP contribution in [0, 0.1) is 11.2 Å². The lowest BCUT2D eigenvalue weighted by Crippen LogP contribution is -2.56. The highest BCUT2D eigenvalue weighted by molar-refractivity contribution is 6.13. The summed E-state index contributed by atoms with van der Waals surface area (Å²) in [5, 5.41) is 15.5. The predicted molar refractivity (Wildman–Crippen MR) is 199 cm³/mol. The Balaban J connectivity index is 1.03. The molecule has 2 aromatic carbocycles. The minimum atomic E-state index is -1.11. The Hall–Kier alpha value is -6.09. The first-order chi connectivity index (χ1) is 25.6. The van der Waals surface area contributed by atoms with Gasteiger partial charge in [-0.05, 0) is 80.9 Å². The number of aromatic nitrogens is 5. The fourth-order valence-electron chi connectivity index (χ4n) is 7.08. The molecular formula is C38H40FN11O3. The molecule has 2 atom stereocenters. The lowest BCUT2D eigenvalue weighted by Gasteiger charge is -2.41. The van der Waals surface area contributed by atoms with E-state index in [0.717, 1.165) is 27.8 Å². The van der Waals surface area contributed by atoms with Crippen LogP contribution in [0.15, 0.2) is 84.4 Å². The summed E-state index contributed by atoms with van der Waals surface area (Å²) >= 11 is 0. The largest absolute Gasteiger partial charge is 0.353 e. The summed E-state index contributed by atoms with van der Waals surface area (Å²) in [5.74, 6) is 0.420. The fraction of sp³-hybridized carbons (Fsp3) is 0.316. The van der Waals surface area contributed by atoms with Crippen LogP contribution in [0.2, 0.25) is 0 Å². The highest BCUT2D eigenvalue weighted by atomic mass is 19.1. The van der Waals surface area contributed by atoms with Gasteiger partial charge < -0.3 is 15.1 Å². The molecule has 2 aliphatic rings. The molecule has 0 bridgehead atoms. The molecule has 3 aromatic heterocycles. The number of carbonyl (C=O) groups excluding carboxylic acids is 3. The second-order valence-corrected chi connectivity index (χ2v) is 13.6. The number of fused-ring (bicyclic) bond motifs is 1. The van der Waals surface area contributed by atoms with Crippen molar-refractivity contribution in [2.75, 3.05) is 49.5 Å². The van der Waals surface area contributed by atoms with Crippen LogP contribution in [-0.4, -0.2) is 104 Å². The quantitative estimate of drug-likeness (QED) is 0.150. The van der Waals surface area contributed by atoms with E-state index >= 15 is 0 Å². The third-order valence-corrected chi connectivity index (χ3v) is 10.00. The van der Waals surface area contributed by atoms with E-state index in [9.17, 15) is 18.8 Å². The average molecular weight is 718 g/mol. The molecule has 53 heavy (non-hydrogen) atoms. The summed E-state index contributed by atoms with van der Waals surface area (Å²) in [6, 6.07) is 17.1. The van der Waals surface area contributed by atoms with Crippen LogP contribution in [0.5, 0.6) is 0 Å². The molecule has 5 aromatic rings. The van der Waals surface area contributed by atoms with Crippen LogP contribution in [0.4, 0.5) is 15.9 Å². The Bertz CT molecular complexity index is 2160. The molecule has 272 valence electrons. The van der Waals surface area contributed by atoms with Gasteiger partial charge in [0, 0.05) is 86.5 Å². The van der Waals surface area contributed by atoms with Crippen LogP contribution < -0.4 is 15.6 Å². The lowest BCUT2D eigenvalue weighted by molar-refractivity contribution is -0.135. The number of nitrogens with zero attached hydrogens (tertiary/aromatic N) is 8. The van der Waals surface area contributed by atoms with E-state index in [1.807, 2.05) is 41.0 Å². The number of carbonyl (C=O) groups is 3. The number of benzene rings is 2. The van der Waals surface area contributed by atoms with E-state index in [1.54, 1.807) is 49.8 Å². The number of likely N-dealkylation sites (tertiary alicyclic amines) is 1. The summed E-state index contributed by atoms with van der Waals surface area (Å²) in [7, 11) is 0. The number of hydrogen-bond acceptors (Lipinski definition) is 10. The van der Waals surface area contributed by atoms with E-state index in [2.05, 4.69) is 45.9 Å². The van der Waals surface area contributed by atoms with Crippen molar-refractivity contribution < 1.29 is 18.8 Å². The van der Waals surface area contributed by atoms with E-state index in [-0.39, 0.29) is 42.7 Å². The molecule has 2 saturated heterocycles. The van der Waals surface area contributed by atoms with E-state index in [0.29, 0.717) is 55.5 Å². The maximum atomic E-state index is 14.2. The van der Waals surface area contributed by atoms with E-state index in [1.165, 1.54) is 19.1 Å². The van der Waals surface area contributed by atoms with Crippen molar-refractivity contribution in [2.45, 2.75) is 33.2 Å². The number of pyridine rings is 1. The number of amides is 3. The number of halogens is 1. The number of hydrazone groups is 1. The van der Waals surface area contributed by atoms with Gasteiger partial charge >= 0.3 is 0 Å². The molecule has 7 rings (SSSR count). The first-order valence-corrected chi connectivity index (χ1v) is 17.5. The number of aromatic amines is 1. The number of anilines is 2. The van der Waals surface area contributed by atoms with Crippen LogP contribution in [0.25, 0.3) is 33.5 Å². The van der Waals surface area contributed by atoms with Gasteiger partial charge in [-0.3, -0.25) is 24.4 Å². The number of piperazine rings is 1. The second-order valence-electron chi connectivity index (χ2n) is 13.6. The molecular weight excluding hydrogens is 677 g/mol. The smallest absolute Gasteiger partial charge is 0.237 e. The van der Waals surface area contributed by atoms with Crippen LogP contribution in [0.1, 0.15) is 27.2 Å². The van der Waals surface area contributed by atoms with Gasteiger partial charge in [-0.15, -0.1) is 0 Å². The zero-order valence-corrected chi connectivity index (χ0v) is 29.7. The van der Waals surface area contributed by atoms with E-state index < -0.39 is 5.41 Å². The van der Waals surface area contributed by atoms with Crippen molar-refractivity contribution in [1.29, 1.82) is 0 Å². The summed E-state index contributed by atoms with van der Waals surface area (Å²) in [5.41, 5.74) is 5.29. The van der Waals surface area contributed by atoms with Crippen molar-refractivity contribution in [3.05, 3.63) is 85.1 Å². The number of H-pyrrole nitrogens is 1. The Kier molecular flexibility index (Phi) is 9.91. The first-order valence-electron chi connectivity index (χ1n) is 17.5. The van der Waals surface area contributed by atoms with Crippen molar-refractivity contribution in [3.8, 4) is 22.6 Å². The molecule has 2 aliphatic heterocycles. The molecule has 2 unspecified atom stereocenters. The Labute approximate surface area is 305 Å². The molecule has 0 spiro atoms. The number of nitrogens with one attached hydrogen (secondary N) is 3. The summed E-state index contributed by atoms with van der Waals surface area (Å²) in [6.07, 6.45) is 5.56. The second kappa shape index (κ2) is 14.9. The zero-order valence-electron chi connectivity index (χ0n) is 29.7. The van der Waals surface area contributed by atoms with Crippen molar-refractivity contribution >= 4 is 45.8 Å². The summed E-state index contributed by atoms with van der Waals surface area (Å²) in [4.78, 5) is 59.0. The molecule has 2 fully saturated rings. The highest BCUT2D eigenvalue weighted by Gasteiger charge is 2.48. The van der Waals surface area contributed by atoms with Crippen molar-refractivity contribution in [1.82, 2.24) is 40.4 Å². The van der Waals surface area contributed by atoms with Gasteiger partial charge in [-0.2, -0.15) is 10.2 Å². The minimum Gasteiger partial charge on any atom is -0.353 e. The topological polar surface area (TPSA) is 165 Å². The molecule has 14 nitrogen and oxygen atoms in total. The Morgan fingerprint density at radius 1 is 0.981 bits per heavy atom. The van der Waals surface area contributed by atoms with Gasteiger partial charge in [0.15, 0.2) is 5.82 Å². The maximum absolute atomic E-state index is 14.2. The molecule has 0 saturated carbocycles. The Morgan fingerprint density at radius 3 is 2.47 bits per heavy atom. The van der Waals surface area contributed by atoms with Gasteiger partial charge in [0.05, 0.1) is 23.5 Å². The SMILES string of the molecule is CC(=O)NN=C(C)C1(C(=O)Nc2ccc3[nH]nc(-c4ccc(F)cc4)c3c2)CCN(CC(=O)N2CCN(c3ccc(-c4ncccn4)cn3)CC2C)C1. The lowest BCUT2D eigenvalue weighted by atomic mass is 9.81. The van der Waals surface area contributed by atoms with Crippen molar-refractivity contribution in [3.63, 3.8) is 0 Å². The first kappa shape index (κ1) is 35.3. The fourth-order valence-corrected chi connectivity index (χ4v) is 7.08. The third-order valence-electron chi connectivity index (χ3n) is 10.00. The van der Waals surface area contributed by atoms with Crippen LogP contribution in [-0.2, 0) is 14.4 Å². The van der Waals surface area contributed by atoms with Gasteiger partial charge in [0.1, 0.15) is 17.1 Å². The molecule has 5 heterocycles. The molecule has 3 amide bonds. The number of rotatable bonds is 9. The Morgan fingerprint density at radius 2 is 1.75 bits per heavy atom. The van der Waals surface area contributed by atoms with Gasteiger partial charge in [-0.1, -0.05) is 0 Å². The molecule has 15 heteroatoms. The molecule has 0 radical (unpaired) electrons. The zero-order chi connectivity index (χ0) is 37.1. The third kappa shape index (κ3) is 7.46. The van der Waals surface area contributed by atoms with Crippen LogP contribution >= 0.6 is 0 Å². The normalized spacial score (nSPS) is 19.4. The molecule has 3 N–H and O–H groups in total. The average Bonchev–Trinajstić information content (AvgIpc) is 3.80. The standard InChI is InChI=1S/C38H40FN11O3/c1-24-21-49(33-12-7-28(20-42-33)36-40-14-4-15-41-36)17-18-50(24)34(52)22-48-16-13-38(23-48,25(2)44-45-26(3)51)37(53)43-30-10-11-32-31(19-30)35(47-46-32)27-5-8-29(39)9-6-27/h4-12,14-15,19-20,24H,13,16-18,21-23H2,1-3H3,(H,43,53)(H,45,51)(H,46,47). The maximum Gasteiger partial charge on any atom is 0.237 e. The van der Waals surface area contributed by atoms with Gasteiger partial charge in [0.2, 0.25) is 17.7 Å². The minimum absolute atomic E-state index is 0.0203.